The number of rotatable bonds is 21. The molecule has 1 amide bonds. The topological polar surface area (TPSA) is 149 Å². The van der Waals surface area contributed by atoms with E-state index in [0.29, 0.717) is 62.7 Å². The zero-order chi connectivity index (χ0) is 42.4. The van der Waals surface area contributed by atoms with Gasteiger partial charge in [-0.15, -0.1) is 6.58 Å². The maximum atomic E-state index is 13.8. The number of likely N-dealkylation sites (tertiary alicyclic amines) is 1. The number of ether oxygens (including phenoxy) is 4. The number of aliphatic hydroxyl groups excluding tert-OH is 1. The highest BCUT2D eigenvalue weighted by molar-refractivity contribution is 6.39. The number of nitrogens with zero attached hydrogens (tertiary/aromatic N) is 1. The number of esters is 1. The molecule has 2 N–H and O–H groups in total. The van der Waals surface area contributed by atoms with E-state index in [2.05, 4.69) is 46.4 Å². The molecule has 0 aromatic carbocycles. The number of carbonyl (C=O) groups is 4. The van der Waals surface area contributed by atoms with E-state index in [1.165, 1.54) is 17.6 Å². The first-order chi connectivity index (χ1) is 27.0. The summed E-state index contributed by atoms with van der Waals surface area (Å²) >= 11 is 0. The van der Waals surface area contributed by atoms with E-state index in [4.69, 9.17) is 18.9 Å². The van der Waals surface area contributed by atoms with Crippen molar-refractivity contribution < 1.29 is 48.3 Å². The van der Waals surface area contributed by atoms with Crippen LogP contribution in [0.4, 0.5) is 0 Å². The monoisotopic (exact) mass is 802 g/mol. The molecule has 12 atom stereocenters. The van der Waals surface area contributed by atoms with Gasteiger partial charge in [0.1, 0.15) is 17.9 Å². The normalized spacial score (nSPS) is 30.9. The number of carbonyl (C=O) groups excluding carboxylic acids is 4. The zero-order valence-electron chi connectivity index (χ0n) is 36.5. The van der Waals surface area contributed by atoms with Gasteiger partial charge in [-0.25, -0.2) is 4.79 Å². The van der Waals surface area contributed by atoms with Gasteiger partial charge in [-0.2, -0.15) is 0 Å². The quantitative estimate of drug-likeness (QED) is 0.0688. The van der Waals surface area contributed by atoms with Crippen LogP contribution < -0.4 is 0 Å². The molecular formula is C46H75NO10. The van der Waals surface area contributed by atoms with Crippen LogP contribution in [0.25, 0.3) is 0 Å². The van der Waals surface area contributed by atoms with Crippen molar-refractivity contribution in [3.63, 3.8) is 0 Å². The SMILES string of the molecule is C=CCC(/C=C(\C)C[C@H](C)C[C@H](OC)C1OC(O)(C(=O)C(=O)N2CCCC[C@H]2C(=O)OC)C(C)CC1OC)C(=O)CC[C@@H](C)C/C(C)=C/C1CC[C@@H](O)C(CC)C1. The molecule has 1 saturated carbocycles. The van der Waals surface area contributed by atoms with Crippen LogP contribution in [0.2, 0.25) is 0 Å². The lowest BCUT2D eigenvalue weighted by Crippen LogP contribution is -2.64. The third-order valence-electron chi connectivity index (χ3n) is 12.9. The van der Waals surface area contributed by atoms with Gasteiger partial charge in [-0.05, 0) is 115 Å². The van der Waals surface area contributed by atoms with Gasteiger partial charge in [0.15, 0.2) is 0 Å². The highest BCUT2D eigenvalue weighted by atomic mass is 16.7. The van der Waals surface area contributed by atoms with Crippen LogP contribution in [-0.2, 0) is 38.1 Å². The lowest BCUT2D eigenvalue weighted by molar-refractivity contribution is -0.302. The molecule has 2 aliphatic heterocycles. The average molecular weight is 802 g/mol. The smallest absolute Gasteiger partial charge is 0.328 e. The molecule has 11 heteroatoms. The van der Waals surface area contributed by atoms with Crippen LogP contribution in [-0.4, -0.2) is 103 Å². The van der Waals surface area contributed by atoms with Crippen LogP contribution in [0, 0.1) is 35.5 Å². The Bertz CT molecular complexity index is 1410. The number of hydrogen-bond donors (Lipinski definition) is 2. The van der Waals surface area contributed by atoms with Gasteiger partial charge in [0.25, 0.3) is 11.7 Å². The van der Waals surface area contributed by atoms with Gasteiger partial charge in [0, 0.05) is 39.0 Å². The van der Waals surface area contributed by atoms with E-state index in [0.717, 1.165) is 44.1 Å². The van der Waals surface area contributed by atoms with E-state index < -0.39 is 53.7 Å². The van der Waals surface area contributed by atoms with Gasteiger partial charge >= 0.3 is 5.97 Å². The highest BCUT2D eigenvalue weighted by Gasteiger charge is 2.56. The Hall–Kier alpha value is -2.70. The van der Waals surface area contributed by atoms with Crippen molar-refractivity contribution >= 4 is 23.4 Å². The number of aliphatic hydroxyl groups is 2. The molecule has 0 radical (unpaired) electrons. The third kappa shape index (κ3) is 13.4. The Morgan fingerprint density at radius 1 is 1.00 bits per heavy atom. The van der Waals surface area contributed by atoms with Crippen molar-refractivity contribution in [2.24, 2.45) is 35.5 Å². The van der Waals surface area contributed by atoms with Crippen LogP contribution in [0.15, 0.2) is 36.0 Å². The fourth-order valence-electron chi connectivity index (χ4n) is 9.55. The molecule has 3 rings (SSSR count). The minimum absolute atomic E-state index is 0.0700. The highest BCUT2D eigenvalue weighted by Crippen LogP contribution is 2.39. The summed E-state index contributed by atoms with van der Waals surface area (Å²) in [5.41, 5.74) is 2.45. The first-order valence-electron chi connectivity index (χ1n) is 21.6. The first kappa shape index (κ1) is 48.7. The van der Waals surface area contributed by atoms with Gasteiger partial charge < -0.3 is 34.1 Å². The van der Waals surface area contributed by atoms with E-state index in [1.54, 1.807) is 27.2 Å². The molecule has 7 unspecified atom stereocenters. The zero-order valence-corrected chi connectivity index (χ0v) is 36.5. The Kier molecular flexibility index (Phi) is 19.8. The fraction of sp³-hybridized carbons (Fsp3) is 0.783. The summed E-state index contributed by atoms with van der Waals surface area (Å²) in [5.74, 6) is -4.57. The maximum Gasteiger partial charge on any atom is 0.328 e. The Labute approximate surface area is 343 Å². The molecule has 1 aliphatic carbocycles. The third-order valence-corrected chi connectivity index (χ3v) is 12.9. The lowest BCUT2D eigenvalue weighted by Gasteiger charge is -2.47. The molecular weight excluding hydrogens is 727 g/mol. The largest absolute Gasteiger partial charge is 0.467 e. The number of allylic oxidation sites excluding steroid dienone is 5. The molecule has 3 fully saturated rings. The Balaban J connectivity index is 1.62. The van der Waals surface area contributed by atoms with Crippen LogP contribution >= 0.6 is 0 Å². The average Bonchev–Trinajstić information content (AvgIpc) is 3.19. The van der Waals surface area contributed by atoms with E-state index in [1.807, 2.05) is 6.92 Å². The van der Waals surface area contributed by atoms with Gasteiger partial charge in [-0.1, -0.05) is 63.5 Å². The van der Waals surface area contributed by atoms with Crippen molar-refractivity contribution in [2.75, 3.05) is 27.9 Å². The lowest BCUT2D eigenvalue weighted by atomic mass is 9.77. The second kappa shape index (κ2) is 23.2. The fourth-order valence-corrected chi connectivity index (χ4v) is 9.55. The number of piperidine rings is 1. The van der Waals surface area contributed by atoms with Crippen LogP contribution in [0.5, 0.6) is 0 Å². The standard InChI is InChI=1S/C46H75NO10/c1-11-15-36(39(49)19-17-29(3)22-30(4)24-34-18-20-38(48)35(12-2)28-34)25-31(5)23-32(6)26-40(54-8)42-41(55-9)27-33(7)46(53,57-42)43(50)44(51)47-21-14-13-16-37(47)45(52)56-10/h11,24-25,29,32-38,40-42,48,53H,1,12-23,26-28H2,2-10H3/b30-24+,31-25+/t29-,32+,33?,34?,35?,36?,37+,38-,40+,41?,42?,46?/m1/s1. The minimum Gasteiger partial charge on any atom is -0.467 e. The van der Waals surface area contributed by atoms with E-state index in [-0.39, 0.29) is 36.7 Å². The Morgan fingerprint density at radius 3 is 2.33 bits per heavy atom. The van der Waals surface area contributed by atoms with Crippen LogP contribution in [0.1, 0.15) is 131 Å². The number of ketones is 2. The summed E-state index contributed by atoms with van der Waals surface area (Å²) in [6, 6.07) is -0.895. The molecule has 3 aliphatic rings. The molecule has 0 spiro atoms. The summed E-state index contributed by atoms with van der Waals surface area (Å²) in [6.07, 6.45) is 14.1. The van der Waals surface area contributed by atoms with Crippen molar-refractivity contribution in [3.05, 3.63) is 36.0 Å². The molecule has 0 bridgehead atoms. The maximum absolute atomic E-state index is 13.8. The summed E-state index contributed by atoms with van der Waals surface area (Å²) in [4.78, 5) is 54.6. The molecule has 11 nitrogen and oxygen atoms in total. The molecule has 2 heterocycles. The van der Waals surface area contributed by atoms with Gasteiger partial charge in [-0.3, -0.25) is 14.4 Å². The van der Waals surface area contributed by atoms with Gasteiger partial charge in [0.05, 0.1) is 25.4 Å². The second-order valence-electron chi connectivity index (χ2n) is 17.7. The molecule has 0 aromatic heterocycles. The number of methoxy groups -OCH3 is 3. The number of hydrogen-bond acceptors (Lipinski definition) is 10. The van der Waals surface area contributed by atoms with Crippen molar-refractivity contribution in [3.8, 4) is 0 Å². The van der Waals surface area contributed by atoms with Crippen molar-refractivity contribution in [1.29, 1.82) is 0 Å². The number of Topliss-reactive ketones (excluding diaryl/α,β-unsaturated/α-hetero) is 2. The van der Waals surface area contributed by atoms with Gasteiger partial charge in [0.2, 0.25) is 5.79 Å². The summed E-state index contributed by atoms with van der Waals surface area (Å²) in [5, 5.41) is 22.1. The second-order valence-corrected chi connectivity index (χ2v) is 17.7. The number of amides is 1. The molecule has 57 heavy (non-hydrogen) atoms. The molecule has 2 saturated heterocycles. The molecule has 324 valence electrons. The minimum atomic E-state index is -2.44. The van der Waals surface area contributed by atoms with Crippen LogP contribution in [0.3, 0.4) is 0 Å². The summed E-state index contributed by atoms with van der Waals surface area (Å²) in [6.45, 7) is 16.5. The molecule has 0 aromatic rings. The summed E-state index contributed by atoms with van der Waals surface area (Å²) in [7, 11) is 4.34. The van der Waals surface area contributed by atoms with E-state index >= 15 is 0 Å². The summed E-state index contributed by atoms with van der Waals surface area (Å²) < 4.78 is 22.8. The van der Waals surface area contributed by atoms with Crippen molar-refractivity contribution in [1.82, 2.24) is 4.90 Å². The predicted octanol–water partition coefficient (Wildman–Crippen LogP) is 7.32. The van der Waals surface area contributed by atoms with E-state index in [9.17, 15) is 29.4 Å². The first-order valence-corrected chi connectivity index (χ1v) is 21.6. The van der Waals surface area contributed by atoms with Crippen molar-refractivity contribution in [2.45, 2.75) is 168 Å². The predicted molar refractivity (Wildman–Crippen MR) is 221 cm³/mol. The Morgan fingerprint density at radius 2 is 1.70 bits per heavy atom.